The van der Waals surface area contributed by atoms with Crippen LogP contribution in [0.15, 0.2) is 0 Å². The highest BCUT2D eigenvalue weighted by atomic mass is 16.5. The Bertz CT molecular complexity index is 184. The van der Waals surface area contributed by atoms with Gasteiger partial charge in [0.1, 0.15) is 6.61 Å². The summed E-state index contributed by atoms with van der Waals surface area (Å²) >= 11 is 0. The Kier molecular flexibility index (Phi) is 7.53. The molecule has 6 nitrogen and oxygen atoms in total. The second-order valence-electron chi connectivity index (χ2n) is 2.47. The van der Waals surface area contributed by atoms with Gasteiger partial charge in [0.2, 0.25) is 0 Å². The Morgan fingerprint density at radius 3 is 2.57 bits per heavy atom. The highest BCUT2D eigenvalue weighted by Crippen LogP contribution is 1.83. The fourth-order valence-electron chi connectivity index (χ4n) is 0.772. The number of amides is 1. The normalized spacial score (nSPS) is 9.50. The molecule has 0 radical (unpaired) electrons. The van der Waals surface area contributed by atoms with Crippen LogP contribution in [0.3, 0.4) is 0 Å². The molecular formula is C8H16N2O4. The van der Waals surface area contributed by atoms with E-state index in [-0.39, 0.29) is 12.6 Å². The topological polar surface area (TPSA) is 90.7 Å². The lowest BCUT2D eigenvalue weighted by Crippen LogP contribution is -2.25. The van der Waals surface area contributed by atoms with Crippen molar-refractivity contribution in [2.45, 2.75) is 13.3 Å². The predicted octanol–water partition coefficient (Wildman–Crippen LogP) is -0.375. The Balaban J connectivity index is 3.13. The largest absolute Gasteiger partial charge is 0.466 e. The summed E-state index contributed by atoms with van der Waals surface area (Å²) in [4.78, 5) is 20.9. The van der Waals surface area contributed by atoms with E-state index < -0.39 is 6.09 Å². The average Bonchev–Trinajstić information content (AvgIpc) is 2.11. The van der Waals surface area contributed by atoms with Crippen molar-refractivity contribution in [2.24, 2.45) is 5.73 Å². The number of hydrogen-bond acceptors (Lipinski definition) is 5. The van der Waals surface area contributed by atoms with E-state index >= 15 is 0 Å². The zero-order valence-corrected chi connectivity index (χ0v) is 8.25. The number of primary amides is 1. The molecule has 0 aromatic carbocycles. The third-order valence-corrected chi connectivity index (χ3v) is 1.33. The molecule has 0 fully saturated rings. The Labute approximate surface area is 82.7 Å². The number of carbonyl (C=O) groups excluding carboxylic acids is 2. The average molecular weight is 204 g/mol. The van der Waals surface area contributed by atoms with Gasteiger partial charge in [0.05, 0.1) is 13.0 Å². The summed E-state index contributed by atoms with van der Waals surface area (Å²) in [5.74, 6) is -0.240. The van der Waals surface area contributed by atoms with Crippen LogP contribution in [0.1, 0.15) is 13.3 Å². The maximum Gasteiger partial charge on any atom is 0.404 e. The summed E-state index contributed by atoms with van der Waals surface area (Å²) in [5.41, 5.74) is 4.73. The van der Waals surface area contributed by atoms with Crippen molar-refractivity contribution in [1.29, 1.82) is 0 Å². The molecule has 3 N–H and O–H groups in total. The maximum absolute atomic E-state index is 10.8. The zero-order chi connectivity index (χ0) is 10.8. The van der Waals surface area contributed by atoms with Crippen molar-refractivity contribution in [2.75, 3.05) is 26.3 Å². The number of ether oxygens (including phenoxy) is 2. The fraction of sp³-hybridized carbons (Fsp3) is 0.750. The molecule has 1 amide bonds. The van der Waals surface area contributed by atoms with Crippen molar-refractivity contribution in [3.05, 3.63) is 0 Å². The molecule has 0 spiro atoms. The summed E-state index contributed by atoms with van der Waals surface area (Å²) in [6.07, 6.45) is -0.484. The SMILES string of the molecule is CCOC(=O)CCNCCOC(N)=O. The van der Waals surface area contributed by atoms with E-state index in [1.807, 2.05) is 0 Å². The number of hydrogen-bond donors (Lipinski definition) is 2. The van der Waals surface area contributed by atoms with Gasteiger partial charge in [-0.15, -0.1) is 0 Å². The van der Waals surface area contributed by atoms with Gasteiger partial charge in [0.15, 0.2) is 0 Å². The quantitative estimate of drug-likeness (QED) is 0.436. The molecule has 0 aliphatic rings. The lowest BCUT2D eigenvalue weighted by atomic mass is 10.4. The fourth-order valence-corrected chi connectivity index (χ4v) is 0.772. The van der Waals surface area contributed by atoms with E-state index in [0.717, 1.165) is 0 Å². The molecule has 0 atom stereocenters. The van der Waals surface area contributed by atoms with Gasteiger partial charge in [0, 0.05) is 13.1 Å². The van der Waals surface area contributed by atoms with Crippen molar-refractivity contribution in [1.82, 2.24) is 5.32 Å². The Morgan fingerprint density at radius 2 is 2.00 bits per heavy atom. The molecule has 0 aliphatic carbocycles. The zero-order valence-electron chi connectivity index (χ0n) is 8.25. The first-order chi connectivity index (χ1) is 6.66. The second kappa shape index (κ2) is 8.31. The lowest BCUT2D eigenvalue weighted by Gasteiger charge is -2.04. The molecule has 0 saturated heterocycles. The monoisotopic (exact) mass is 204 g/mol. The van der Waals surface area contributed by atoms with Crippen molar-refractivity contribution >= 4 is 12.1 Å². The molecule has 0 heterocycles. The first-order valence-electron chi connectivity index (χ1n) is 4.45. The molecule has 0 aliphatic heterocycles. The van der Waals surface area contributed by atoms with Crippen molar-refractivity contribution < 1.29 is 19.1 Å². The first-order valence-corrected chi connectivity index (χ1v) is 4.45. The summed E-state index contributed by atoms with van der Waals surface area (Å²) in [6.45, 7) is 3.33. The van der Waals surface area contributed by atoms with Crippen LogP contribution >= 0.6 is 0 Å². The van der Waals surface area contributed by atoms with Gasteiger partial charge >= 0.3 is 12.1 Å². The number of esters is 1. The smallest absolute Gasteiger partial charge is 0.404 e. The first kappa shape index (κ1) is 12.7. The minimum atomic E-state index is -0.794. The van der Waals surface area contributed by atoms with Crippen LogP contribution in [-0.4, -0.2) is 38.4 Å². The van der Waals surface area contributed by atoms with Gasteiger partial charge in [-0.05, 0) is 6.92 Å². The van der Waals surface area contributed by atoms with Gasteiger partial charge in [0.25, 0.3) is 0 Å². The maximum atomic E-state index is 10.8. The number of rotatable bonds is 7. The third kappa shape index (κ3) is 8.79. The molecule has 0 saturated carbocycles. The van der Waals surface area contributed by atoms with Crippen LogP contribution in [-0.2, 0) is 14.3 Å². The van der Waals surface area contributed by atoms with Crippen molar-refractivity contribution in [3.8, 4) is 0 Å². The number of carbonyl (C=O) groups is 2. The van der Waals surface area contributed by atoms with Gasteiger partial charge in [-0.3, -0.25) is 4.79 Å². The van der Waals surface area contributed by atoms with E-state index in [1.165, 1.54) is 0 Å². The summed E-state index contributed by atoms with van der Waals surface area (Å²) in [5, 5.41) is 2.90. The molecule has 0 rings (SSSR count). The minimum absolute atomic E-state index is 0.207. The van der Waals surface area contributed by atoms with Gasteiger partial charge < -0.3 is 20.5 Å². The van der Waals surface area contributed by atoms with E-state index in [1.54, 1.807) is 6.92 Å². The summed E-state index contributed by atoms with van der Waals surface area (Å²) in [6, 6.07) is 0. The van der Waals surface area contributed by atoms with E-state index in [0.29, 0.717) is 26.1 Å². The highest BCUT2D eigenvalue weighted by Gasteiger charge is 1.99. The Morgan fingerprint density at radius 1 is 1.29 bits per heavy atom. The van der Waals surface area contributed by atoms with E-state index in [9.17, 15) is 9.59 Å². The molecule has 0 unspecified atom stereocenters. The highest BCUT2D eigenvalue weighted by molar-refractivity contribution is 5.69. The minimum Gasteiger partial charge on any atom is -0.466 e. The van der Waals surface area contributed by atoms with Crippen LogP contribution in [0, 0.1) is 0 Å². The van der Waals surface area contributed by atoms with Crippen molar-refractivity contribution in [3.63, 3.8) is 0 Å². The summed E-state index contributed by atoms with van der Waals surface area (Å²) in [7, 11) is 0. The van der Waals surface area contributed by atoms with E-state index in [2.05, 4.69) is 10.1 Å². The van der Waals surface area contributed by atoms with Gasteiger partial charge in [-0.2, -0.15) is 0 Å². The summed E-state index contributed by atoms with van der Waals surface area (Å²) < 4.78 is 9.16. The van der Waals surface area contributed by atoms with Gasteiger partial charge in [-0.1, -0.05) is 0 Å². The molecular weight excluding hydrogens is 188 g/mol. The second-order valence-corrected chi connectivity index (χ2v) is 2.47. The van der Waals surface area contributed by atoms with Crippen LogP contribution in [0.5, 0.6) is 0 Å². The third-order valence-electron chi connectivity index (χ3n) is 1.33. The number of nitrogens with one attached hydrogen (secondary N) is 1. The van der Waals surface area contributed by atoms with Crippen LogP contribution in [0.25, 0.3) is 0 Å². The lowest BCUT2D eigenvalue weighted by molar-refractivity contribution is -0.142. The van der Waals surface area contributed by atoms with E-state index in [4.69, 9.17) is 10.5 Å². The Hall–Kier alpha value is -1.30. The van der Waals surface area contributed by atoms with Crippen LogP contribution in [0.2, 0.25) is 0 Å². The standard InChI is InChI=1S/C8H16N2O4/c1-2-13-7(11)3-4-10-5-6-14-8(9)12/h10H,2-6H2,1H3,(H2,9,12). The molecule has 82 valence electrons. The number of nitrogens with two attached hydrogens (primary N) is 1. The molecule has 0 bridgehead atoms. The van der Waals surface area contributed by atoms with Gasteiger partial charge in [-0.25, -0.2) is 4.79 Å². The molecule has 14 heavy (non-hydrogen) atoms. The van der Waals surface area contributed by atoms with Crippen LogP contribution in [0.4, 0.5) is 4.79 Å². The molecule has 0 aromatic rings. The predicted molar refractivity (Wildman–Crippen MR) is 49.7 cm³/mol. The molecule has 0 aromatic heterocycles. The molecule has 6 heteroatoms. The van der Waals surface area contributed by atoms with Crippen LogP contribution < -0.4 is 11.1 Å².